The van der Waals surface area contributed by atoms with Crippen molar-refractivity contribution in [3.05, 3.63) is 46.5 Å². The van der Waals surface area contributed by atoms with E-state index in [2.05, 4.69) is 10.1 Å². The minimum absolute atomic E-state index is 0.485. The first-order chi connectivity index (χ1) is 8.08. The van der Waals surface area contributed by atoms with Crippen LogP contribution in [-0.2, 0) is 13.5 Å². The summed E-state index contributed by atoms with van der Waals surface area (Å²) in [5, 5.41) is 14.9. The Kier molecular flexibility index (Phi) is 3.45. The number of rotatable bonds is 3. The summed E-state index contributed by atoms with van der Waals surface area (Å²) in [5.74, 6) is 0. The zero-order valence-electron chi connectivity index (χ0n) is 9.76. The number of hydrogen-bond acceptors (Lipinski definition) is 3. The Bertz CT molecular complexity index is 524. The number of hydrogen-bond donors (Lipinski definition) is 1. The fourth-order valence-corrected chi connectivity index (χ4v) is 2.06. The molecule has 17 heavy (non-hydrogen) atoms. The molecular weight excluding hydrogens is 238 g/mol. The number of aryl methyl sites for hydroxylation is 2. The van der Waals surface area contributed by atoms with Gasteiger partial charge < -0.3 is 5.11 Å². The first-order valence-electron chi connectivity index (χ1n) is 5.35. The molecule has 0 saturated carbocycles. The van der Waals surface area contributed by atoms with E-state index in [0.29, 0.717) is 17.0 Å². The molecule has 90 valence electrons. The average molecular weight is 252 g/mol. The Labute approximate surface area is 105 Å². The van der Waals surface area contributed by atoms with Crippen molar-refractivity contribution >= 4 is 11.6 Å². The molecule has 5 heteroatoms. The lowest BCUT2D eigenvalue weighted by Gasteiger charge is -2.12. The fourth-order valence-electron chi connectivity index (χ4n) is 1.82. The predicted molar refractivity (Wildman–Crippen MR) is 65.9 cm³/mol. The summed E-state index contributed by atoms with van der Waals surface area (Å²) in [6, 6.07) is 3.69. The molecule has 0 aromatic carbocycles. The highest BCUT2D eigenvalue weighted by Gasteiger charge is 2.14. The minimum Gasteiger partial charge on any atom is -0.388 e. The smallest absolute Gasteiger partial charge is 0.0860 e. The van der Waals surface area contributed by atoms with Crippen LogP contribution in [0.1, 0.15) is 23.1 Å². The maximum Gasteiger partial charge on any atom is 0.0860 e. The third-order valence-electron chi connectivity index (χ3n) is 2.66. The van der Waals surface area contributed by atoms with Crippen LogP contribution in [0, 0.1) is 6.92 Å². The summed E-state index contributed by atoms with van der Waals surface area (Å²) < 4.78 is 1.77. The van der Waals surface area contributed by atoms with Crippen molar-refractivity contribution in [2.24, 2.45) is 7.05 Å². The highest BCUT2D eigenvalue weighted by molar-refractivity contribution is 6.31. The van der Waals surface area contributed by atoms with Gasteiger partial charge in [0.05, 0.1) is 16.8 Å². The van der Waals surface area contributed by atoms with Gasteiger partial charge >= 0.3 is 0 Å². The molecule has 0 amide bonds. The van der Waals surface area contributed by atoms with E-state index in [1.165, 1.54) is 6.20 Å². The van der Waals surface area contributed by atoms with Gasteiger partial charge in [-0.05, 0) is 19.1 Å². The molecule has 0 spiro atoms. The van der Waals surface area contributed by atoms with Crippen molar-refractivity contribution in [2.75, 3.05) is 0 Å². The molecule has 2 aromatic heterocycles. The molecule has 0 bridgehead atoms. The third kappa shape index (κ3) is 2.65. The molecule has 2 heterocycles. The molecule has 0 saturated heterocycles. The maximum atomic E-state index is 10.1. The van der Waals surface area contributed by atoms with E-state index < -0.39 is 6.10 Å². The van der Waals surface area contributed by atoms with Gasteiger partial charge in [-0.15, -0.1) is 0 Å². The van der Waals surface area contributed by atoms with Gasteiger partial charge in [-0.1, -0.05) is 11.6 Å². The molecule has 2 rings (SSSR count). The lowest BCUT2D eigenvalue weighted by molar-refractivity contribution is 0.176. The number of aromatic nitrogens is 3. The molecule has 1 atom stereocenters. The van der Waals surface area contributed by atoms with E-state index in [4.69, 9.17) is 11.6 Å². The second-order valence-electron chi connectivity index (χ2n) is 4.02. The lowest BCUT2D eigenvalue weighted by Crippen LogP contribution is -2.07. The van der Waals surface area contributed by atoms with Gasteiger partial charge in [0.1, 0.15) is 0 Å². The summed E-state index contributed by atoms with van der Waals surface area (Å²) in [5.41, 5.74) is 2.61. The van der Waals surface area contributed by atoms with Crippen molar-refractivity contribution in [1.82, 2.24) is 14.8 Å². The van der Waals surface area contributed by atoms with E-state index in [1.807, 2.05) is 20.0 Å². The van der Waals surface area contributed by atoms with Crippen molar-refractivity contribution < 1.29 is 5.11 Å². The zero-order valence-corrected chi connectivity index (χ0v) is 10.5. The number of aliphatic hydroxyl groups is 1. The number of pyridine rings is 1. The molecule has 0 aliphatic carbocycles. The highest BCUT2D eigenvalue weighted by atomic mass is 35.5. The second kappa shape index (κ2) is 4.85. The topological polar surface area (TPSA) is 50.9 Å². The van der Waals surface area contributed by atoms with Crippen molar-refractivity contribution in [3.63, 3.8) is 0 Å². The SMILES string of the molecule is Cc1cc(CC(O)c2ccncc2Cl)n(C)n1. The van der Waals surface area contributed by atoms with Gasteiger partial charge in [0, 0.05) is 37.1 Å². The van der Waals surface area contributed by atoms with E-state index in [-0.39, 0.29) is 0 Å². The first-order valence-corrected chi connectivity index (χ1v) is 5.72. The minimum atomic E-state index is -0.639. The van der Waals surface area contributed by atoms with Gasteiger partial charge in [0.25, 0.3) is 0 Å². The second-order valence-corrected chi connectivity index (χ2v) is 4.42. The van der Waals surface area contributed by atoms with Gasteiger partial charge in [-0.25, -0.2) is 0 Å². The molecule has 4 nitrogen and oxygen atoms in total. The van der Waals surface area contributed by atoms with Crippen LogP contribution in [0.5, 0.6) is 0 Å². The Balaban J connectivity index is 2.20. The van der Waals surface area contributed by atoms with Crippen LogP contribution in [-0.4, -0.2) is 19.9 Å². The fraction of sp³-hybridized carbons (Fsp3) is 0.333. The zero-order chi connectivity index (χ0) is 12.4. The number of nitrogens with zero attached hydrogens (tertiary/aromatic N) is 3. The van der Waals surface area contributed by atoms with Crippen LogP contribution in [0.2, 0.25) is 5.02 Å². The van der Waals surface area contributed by atoms with Crippen molar-refractivity contribution in [2.45, 2.75) is 19.4 Å². The third-order valence-corrected chi connectivity index (χ3v) is 2.98. The molecule has 0 fully saturated rings. The Morgan fingerprint density at radius 1 is 1.53 bits per heavy atom. The van der Waals surface area contributed by atoms with E-state index in [0.717, 1.165) is 11.4 Å². The Morgan fingerprint density at radius 2 is 2.29 bits per heavy atom. The molecule has 0 aliphatic rings. The predicted octanol–water partition coefficient (Wildman–Crippen LogP) is 2.05. The number of aliphatic hydroxyl groups excluding tert-OH is 1. The molecule has 2 aromatic rings. The summed E-state index contributed by atoms with van der Waals surface area (Å²) in [4.78, 5) is 3.90. The van der Waals surface area contributed by atoms with Crippen LogP contribution in [0.25, 0.3) is 0 Å². The average Bonchev–Trinajstić information content (AvgIpc) is 2.58. The monoisotopic (exact) mass is 251 g/mol. The molecule has 0 aliphatic heterocycles. The Morgan fingerprint density at radius 3 is 2.88 bits per heavy atom. The largest absolute Gasteiger partial charge is 0.388 e. The van der Waals surface area contributed by atoms with Crippen LogP contribution in [0.15, 0.2) is 24.5 Å². The van der Waals surface area contributed by atoms with Gasteiger partial charge in [-0.2, -0.15) is 5.10 Å². The summed E-state index contributed by atoms with van der Waals surface area (Å²) in [7, 11) is 1.86. The van der Waals surface area contributed by atoms with Gasteiger partial charge in [0.2, 0.25) is 0 Å². The summed E-state index contributed by atoms with van der Waals surface area (Å²) >= 11 is 5.99. The normalized spacial score (nSPS) is 12.7. The van der Waals surface area contributed by atoms with Crippen molar-refractivity contribution in [3.8, 4) is 0 Å². The van der Waals surface area contributed by atoms with E-state index in [1.54, 1.807) is 16.9 Å². The summed E-state index contributed by atoms with van der Waals surface area (Å²) in [6.07, 6.45) is 3.01. The highest BCUT2D eigenvalue weighted by Crippen LogP contribution is 2.24. The van der Waals surface area contributed by atoms with Crippen LogP contribution >= 0.6 is 11.6 Å². The standard InChI is InChI=1S/C12H14ClN3O/c1-8-5-9(16(2)15-8)6-12(17)10-3-4-14-7-11(10)13/h3-5,7,12,17H,6H2,1-2H3. The van der Waals surface area contributed by atoms with Crippen molar-refractivity contribution in [1.29, 1.82) is 0 Å². The molecule has 1 unspecified atom stereocenters. The van der Waals surface area contributed by atoms with E-state index >= 15 is 0 Å². The van der Waals surface area contributed by atoms with Crippen LogP contribution < -0.4 is 0 Å². The van der Waals surface area contributed by atoms with Crippen LogP contribution in [0.3, 0.4) is 0 Å². The van der Waals surface area contributed by atoms with Gasteiger partial charge in [-0.3, -0.25) is 9.67 Å². The molecule has 1 N–H and O–H groups in total. The first kappa shape index (κ1) is 12.1. The molecular formula is C12H14ClN3O. The van der Waals surface area contributed by atoms with Gasteiger partial charge in [0.15, 0.2) is 0 Å². The maximum absolute atomic E-state index is 10.1. The summed E-state index contributed by atoms with van der Waals surface area (Å²) in [6.45, 7) is 1.93. The lowest BCUT2D eigenvalue weighted by atomic mass is 10.1. The van der Waals surface area contributed by atoms with Crippen LogP contribution in [0.4, 0.5) is 0 Å². The quantitative estimate of drug-likeness (QED) is 0.908. The Hall–Kier alpha value is -1.39. The number of halogens is 1. The van der Waals surface area contributed by atoms with E-state index in [9.17, 15) is 5.11 Å². The molecule has 0 radical (unpaired) electrons.